The van der Waals surface area contributed by atoms with Crippen molar-refractivity contribution < 1.29 is 14.7 Å². The Morgan fingerprint density at radius 3 is 2.50 bits per heavy atom. The van der Waals surface area contributed by atoms with Crippen LogP contribution in [0.5, 0.6) is 0 Å². The second kappa shape index (κ2) is 7.30. The molecule has 28 heavy (non-hydrogen) atoms. The van der Waals surface area contributed by atoms with Crippen molar-refractivity contribution in [2.75, 3.05) is 0 Å². The van der Waals surface area contributed by atoms with Gasteiger partial charge in [-0.1, -0.05) is 32.9 Å². The lowest BCUT2D eigenvalue weighted by molar-refractivity contribution is 0.0689. The van der Waals surface area contributed by atoms with E-state index in [1.54, 1.807) is 17.9 Å². The number of hydrogen-bond acceptors (Lipinski definition) is 4. The van der Waals surface area contributed by atoms with Crippen molar-refractivity contribution in [3.8, 4) is 5.69 Å². The van der Waals surface area contributed by atoms with Gasteiger partial charge in [-0.2, -0.15) is 10.2 Å². The fourth-order valence-corrected chi connectivity index (χ4v) is 2.71. The van der Waals surface area contributed by atoms with Crippen LogP contribution in [0.15, 0.2) is 42.6 Å². The zero-order valence-electron chi connectivity index (χ0n) is 16.3. The third kappa shape index (κ3) is 4.11. The summed E-state index contributed by atoms with van der Waals surface area (Å²) < 4.78 is 3.08. The average molecular weight is 381 g/mol. The molecule has 1 amide bonds. The lowest BCUT2D eigenvalue weighted by Crippen LogP contribution is -2.25. The standard InChI is InChI=1S/C20H23N5O3/c1-20(2,3)17-11-16(24(4)23-17)18(26)21-12-13-6-5-7-14(10-13)25-9-8-15(22-25)19(27)28/h5-11H,12H2,1-4H3,(H,21,26)(H,27,28). The molecule has 2 N–H and O–H groups in total. The molecule has 8 nitrogen and oxygen atoms in total. The highest BCUT2D eigenvalue weighted by atomic mass is 16.4. The highest BCUT2D eigenvalue weighted by Gasteiger charge is 2.21. The van der Waals surface area contributed by atoms with Crippen molar-refractivity contribution >= 4 is 11.9 Å². The molecule has 0 unspecified atom stereocenters. The van der Waals surface area contributed by atoms with Gasteiger partial charge in [0, 0.05) is 25.2 Å². The first kappa shape index (κ1) is 19.3. The number of carboxylic acids is 1. The van der Waals surface area contributed by atoms with Crippen molar-refractivity contribution in [3.05, 3.63) is 65.2 Å². The Morgan fingerprint density at radius 1 is 1.14 bits per heavy atom. The maximum Gasteiger partial charge on any atom is 0.356 e. The SMILES string of the molecule is Cn1nc(C(C)(C)C)cc1C(=O)NCc1cccc(-n2ccc(C(=O)O)n2)c1. The van der Waals surface area contributed by atoms with Crippen LogP contribution in [-0.4, -0.2) is 36.5 Å². The van der Waals surface area contributed by atoms with Crippen LogP contribution in [0.25, 0.3) is 5.69 Å². The Hall–Kier alpha value is -3.42. The van der Waals surface area contributed by atoms with E-state index in [4.69, 9.17) is 5.11 Å². The molecule has 2 aromatic heterocycles. The molecule has 2 heterocycles. The molecule has 0 saturated heterocycles. The van der Waals surface area contributed by atoms with Crippen LogP contribution in [0.2, 0.25) is 0 Å². The molecule has 0 bridgehead atoms. The summed E-state index contributed by atoms with van der Waals surface area (Å²) in [6.45, 7) is 6.48. The number of rotatable bonds is 5. The normalized spacial score (nSPS) is 11.4. The largest absolute Gasteiger partial charge is 0.476 e. The highest BCUT2D eigenvalue weighted by Crippen LogP contribution is 2.21. The first-order chi connectivity index (χ1) is 13.1. The summed E-state index contributed by atoms with van der Waals surface area (Å²) in [5, 5.41) is 20.3. The fraction of sp³-hybridized carbons (Fsp3) is 0.300. The lowest BCUT2D eigenvalue weighted by atomic mass is 9.92. The van der Waals surface area contributed by atoms with E-state index in [-0.39, 0.29) is 17.0 Å². The Bertz CT molecular complexity index is 1030. The third-order valence-electron chi connectivity index (χ3n) is 4.32. The highest BCUT2D eigenvalue weighted by molar-refractivity contribution is 5.92. The summed E-state index contributed by atoms with van der Waals surface area (Å²) in [5.41, 5.74) is 2.79. The van der Waals surface area contributed by atoms with Crippen LogP contribution in [0, 0.1) is 0 Å². The number of aromatic carboxylic acids is 1. The fourth-order valence-electron chi connectivity index (χ4n) is 2.71. The molecule has 0 aliphatic heterocycles. The van der Waals surface area contributed by atoms with E-state index in [9.17, 15) is 9.59 Å². The molecule has 0 saturated carbocycles. The minimum atomic E-state index is -1.08. The molecule has 0 atom stereocenters. The van der Waals surface area contributed by atoms with Gasteiger partial charge in [-0.3, -0.25) is 9.48 Å². The van der Waals surface area contributed by atoms with Crippen LogP contribution in [0.1, 0.15) is 53.0 Å². The number of carbonyl (C=O) groups excluding carboxylic acids is 1. The van der Waals surface area contributed by atoms with Gasteiger partial charge in [0.15, 0.2) is 5.69 Å². The number of benzene rings is 1. The van der Waals surface area contributed by atoms with E-state index in [0.717, 1.165) is 16.9 Å². The molecule has 0 radical (unpaired) electrons. The van der Waals surface area contributed by atoms with E-state index < -0.39 is 5.97 Å². The molecule has 0 fully saturated rings. The van der Waals surface area contributed by atoms with Gasteiger partial charge in [0.05, 0.1) is 11.4 Å². The van der Waals surface area contributed by atoms with Gasteiger partial charge in [-0.05, 0) is 29.8 Å². The van der Waals surface area contributed by atoms with E-state index in [0.29, 0.717) is 12.2 Å². The van der Waals surface area contributed by atoms with Crippen LogP contribution in [0.4, 0.5) is 0 Å². The Morgan fingerprint density at radius 2 is 1.89 bits per heavy atom. The van der Waals surface area contributed by atoms with Crippen molar-refractivity contribution in [1.29, 1.82) is 0 Å². The predicted octanol–water partition coefficient (Wildman–Crippen LogP) is 2.53. The van der Waals surface area contributed by atoms with Crippen molar-refractivity contribution in [3.63, 3.8) is 0 Å². The molecule has 0 aliphatic carbocycles. The number of aryl methyl sites for hydroxylation is 1. The number of carboxylic acid groups (broad SMARTS) is 1. The minimum Gasteiger partial charge on any atom is -0.476 e. The van der Waals surface area contributed by atoms with Gasteiger partial charge < -0.3 is 10.4 Å². The molecule has 0 spiro atoms. The number of nitrogens with one attached hydrogen (secondary N) is 1. The molecular weight excluding hydrogens is 358 g/mol. The van der Waals surface area contributed by atoms with E-state index in [2.05, 4.69) is 15.5 Å². The Labute approximate surface area is 162 Å². The second-order valence-electron chi connectivity index (χ2n) is 7.59. The van der Waals surface area contributed by atoms with Gasteiger partial charge in [-0.15, -0.1) is 0 Å². The zero-order valence-corrected chi connectivity index (χ0v) is 16.3. The van der Waals surface area contributed by atoms with Crippen LogP contribution in [0.3, 0.4) is 0 Å². The number of nitrogens with zero attached hydrogens (tertiary/aromatic N) is 4. The molecular formula is C20H23N5O3. The van der Waals surface area contributed by atoms with Gasteiger partial charge in [0.25, 0.3) is 5.91 Å². The molecule has 3 aromatic rings. The molecule has 146 valence electrons. The topological polar surface area (TPSA) is 102 Å². The summed E-state index contributed by atoms with van der Waals surface area (Å²) in [4.78, 5) is 23.5. The average Bonchev–Trinajstić information content (AvgIpc) is 3.27. The van der Waals surface area contributed by atoms with Gasteiger partial charge in [0.1, 0.15) is 5.69 Å². The number of carbonyl (C=O) groups is 2. The zero-order chi connectivity index (χ0) is 20.5. The van der Waals surface area contributed by atoms with Gasteiger partial charge in [0.2, 0.25) is 0 Å². The Kier molecular flexibility index (Phi) is 5.04. The van der Waals surface area contributed by atoms with Crippen molar-refractivity contribution in [2.24, 2.45) is 7.05 Å². The molecule has 3 rings (SSSR count). The van der Waals surface area contributed by atoms with Crippen LogP contribution in [-0.2, 0) is 19.0 Å². The van der Waals surface area contributed by atoms with Crippen LogP contribution < -0.4 is 5.32 Å². The minimum absolute atomic E-state index is 0.0235. The number of aromatic nitrogens is 4. The third-order valence-corrected chi connectivity index (χ3v) is 4.32. The summed E-state index contributed by atoms with van der Waals surface area (Å²) in [6.07, 6.45) is 1.59. The maximum absolute atomic E-state index is 12.6. The first-order valence-corrected chi connectivity index (χ1v) is 8.86. The van der Waals surface area contributed by atoms with Crippen molar-refractivity contribution in [2.45, 2.75) is 32.7 Å². The van der Waals surface area contributed by atoms with Gasteiger partial charge in [-0.25, -0.2) is 9.48 Å². The van der Waals surface area contributed by atoms with E-state index in [1.165, 1.54) is 10.7 Å². The van der Waals surface area contributed by atoms with Crippen molar-refractivity contribution in [1.82, 2.24) is 24.9 Å². The number of amides is 1. The maximum atomic E-state index is 12.6. The van der Waals surface area contributed by atoms with Gasteiger partial charge >= 0.3 is 5.97 Å². The monoisotopic (exact) mass is 381 g/mol. The Balaban J connectivity index is 1.72. The molecule has 1 aromatic carbocycles. The van der Waals surface area contributed by atoms with Crippen LogP contribution >= 0.6 is 0 Å². The second-order valence-corrected chi connectivity index (χ2v) is 7.59. The van der Waals surface area contributed by atoms with E-state index in [1.807, 2.05) is 51.1 Å². The smallest absolute Gasteiger partial charge is 0.356 e. The summed E-state index contributed by atoms with van der Waals surface area (Å²) in [5.74, 6) is -1.28. The summed E-state index contributed by atoms with van der Waals surface area (Å²) in [7, 11) is 1.75. The van der Waals surface area contributed by atoms with E-state index >= 15 is 0 Å². The summed E-state index contributed by atoms with van der Waals surface area (Å²) in [6, 6.07) is 10.6. The number of hydrogen-bond donors (Lipinski definition) is 2. The first-order valence-electron chi connectivity index (χ1n) is 8.86. The lowest BCUT2D eigenvalue weighted by Gasteiger charge is -2.13. The quantitative estimate of drug-likeness (QED) is 0.707. The molecule has 8 heteroatoms. The predicted molar refractivity (Wildman–Crippen MR) is 104 cm³/mol. The molecule has 0 aliphatic rings. The summed E-state index contributed by atoms with van der Waals surface area (Å²) >= 11 is 0.